The molecule has 0 fully saturated rings. The number of unbranched alkanes of at least 4 members (excludes halogenated alkanes) is 1. The molecule has 0 atom stereocenters. The third-order valence-corrected chi connectivity index (χ3v) is 1.43. The van der Waals surface area contributed by atoms with E-state index in [4.69, 9.17) is 5.11 Å². The third-order valence-electron chi connectivity index (χ3n) is 1.43. The van der Waals surface area contributed by atoms with E-state index in [1.165, 1.54) is 6.92 Å². The van der Waals surface area contributed by atoms with Gasteiger partial charge in [-0.1, -0.05) is 20.3 Å². The Kier molecular flexibility index (Phi) is 12.9. The van der Waals surface area contributed by atoms with Crippen LogP contribution in [0.15, 0.2) is 0 Å². The Balaban J connectivity index is 0. The van der Waals surface area contributed by atoms with Crippen LogP contribution in [0.2, 0.25) is 0 Å². The van der Waals surface area contributed by atoms with Crippen molar-refractivity contribution in [3.8, 4) is 0 Å². The molecule has 0 rings (SSSR count). The van der Waals surface area contributed by atoms with Gasteiger partial charge in [-0.2, -0.15) is 0 Å². The molecule has 0 unspecified atom stereocenters. The van der Waals surface area contributed by atoms with Crippen molar-refractivity contribution in [2.24, 2.45) is 0 Å². The lowest BCUT2D eigenvalue weighted by Crippen LogP contribution is -1.93. The minimum atomic E-state index is -0.333. The molecular formula is C10H20O3. The molecule has 0 aliphatic heterocycles. The summed E-state index contributed by atoms with van der Waals surface area (Å²) in [4.78, 5) is 20.1. The van der Waals surface area contributed by atoms with E-state index >= 15 is 0 Å². The Morgan fingerprint density at radius 2 is 1.69 bits per heavy atom. The van der Waals surface area contributed by atoms with Gasteiger partial charge in [-0.15, -0.1) is 0 Å². The summed E-state index contributed by atoms with van der Waals surface area (Å²) in [5.74, 6) is 0.205. The Morgan fingerprint density at radius 1 is 1.23 bits per heavy atom. The van der Waals surface area contributed by atoms with Crippen LogP contribution in [-0.4, -0.2) is 23.3 Å². The number of carbonyl (C=O) groups is 2. The van der Waals surface area contributed by atoms with Crippen LogP contribution in [0.25, 0.3) is 0 Å². The van der Waals surface area contributed by atoms with Gasteiger partial charge in [-0.25, -0.2) is 0 Å². The van der Waals surface area contributed by atoms with E-state index in [-0.39, 0.29) is 12.4 Å². The largest absolute Gasteiger partial charge is 0.389 e. The van der Waals surface area contributed by atoms with Gasteiger partial charge in [0.2, 0.25) is 0 Å². The number of aliphatic hydroxyl groups is 1. The van der Waals surface area contributed by atoms with Gasteiger partial charge < -0.3 is 5.11 Å². The smallest absolute Gasteiger partial charge is 0.155 e. The minimum Gasteiger partial charge on any atom is -0.389 e. The minimum absolute atomic E-state index is 0.190. The van der Waals surface area contributed by atoms with Crippen molar-refractivity contribution in [1.82, 2.24) is 0 Å². The van der Waals surface area contributed by atoms with E-state index in [1.807, 2.05) is 6.92 Å². The zero-order valence-electron chi connectivity index (χ0n) is 8.80. The first-order valence-corrected chi connectivity index (χ1v) is 4.70. The van der Waals surface area contributed by atoms with Crippen molar-refractivity contribution in [3.05, 3.63) is 0 Å². The lowest BCUT2D eigenvalue weighted by atomic mass is 10.1. The lowest BCUT2D eigenvalue weighted by Gasteiger charge is -1.91. The maximum Gasteiger partial charge on any atom is 0.155 e. The fourth-order valence-corrected chi connectivity index (χ4v) is 0.551. The summed E-state index contributed by atoms with van der Waals surface area (Å²) in [7, 11) is 0. The van der Waals surface area contributed by atoms with Gasteiger partial charge in [0.1, 0.15) is 12.4 Å². The standard InChI is InChI=1S/C7H14O.C3H6O2/c1-3-5-6-7(8)4-2;1-3(5)2-4/h3-6H2,1-2H3;4H,2H2,1H3. The molecule has 0 aromatic rings. The zero-order chi connectivity index (χ0) is 10.7. The number of aliphatic hydroxyl groups excluding tert-OH is 1. The van der Waals surface area contributed by atoms with Crippen molar-refractivity contribution in [2.45, 2.75) is 46.5 Å². The van der Waals surface area contributed by atoms with E-state index in [2.05, 4.69) is 6.92 Å². The molecule has 0 aromatic carbocycles. The second kappa shape index (κ2) is 11.3. The zero-order valence-corrected chi connectivity index (χ0v) is 8.80. The molecule has 0 aliphatic carbocycles. The Bertz CT molecular complexity index is 141. The summed E-state index contributed by atoms with van der Waals surface area (Å²) in [5, 5.41) is 7.79. The highest BCUT2D eigenvalue weighted by Crippen LogP contribution is 1.96. The molecular weight excluding hydrogens is 168 g/mol. The molecule has 78 valence electrons. The normalized spacial score (nSPS) is 8.62. The van der Waals surface area contributed by atoms with Crippen molar-refractivity contribution < 1.29 is 14.7 Å². The van der Waals surface area contributed by atoms with E-state index in [1.54, 1.807) is 0 Å². The number of hydrogen-bond donors (Lipinski definition) is 1. The van der Waals surface area contributed by atoms with Crippen molar-refractivity contribution >= 4 is 11.6 Å². The Hall–Kier alpha value is -0.700. The van der Waals surface area contributed by atoms with Crippen LogP contribution in [0.4, 0.5) is 0 Å². The molecule has 0 radical (unpaired) electrons. The average Bonchev–Trinajstić information content (AvgIpc) is 2.15. The topological polar surface area (TPSA) is 54.4 Å². The molecule has 0 heterocycles. The molecule has 13 heavy (non-hydrogen) atoms. The number of ketones is 2. The van der Waals surface area contributed by atoms with Crippen molar-refractivity contribution in [2.75, 3.05) is 6.61 Å². The van der Waals surface area contributed by atoms with E-state index < -0.39 is 0 Å². The van der Waals surface area contributed by atoms with Gasteiger partial charge in [0.05, 0.1) is 0 Å². The van der Waals surface area contributed by atoms with Gasteiger partial charge in [0, 0.05) is 12.8 Å². The highest BCUT2D eigenvalue weighted by molar-refractivity contribution is 5.77. The van der Waals surface area contributed by atoms with Gasteiger partial charge in [0.25, 0.3) is 0 Å². The predicted octanol–water partition coefficient (Wildman–Crippen LogP) is 1.72. The summed E-state index contributed by atoms with van der Waals surface area (Å²) in [6, 6.07) is 0. The van der Waals surface area contributed by atoms with Gasteiger partial charge in [0.15, 0.2) is 5.78 Å². The quantitative estimate of drug-likeness (QED) is 0.714. The van der Waals surface area contributed by atoms with E-state index in [0.29, 0.717) is 12.2 Å². The molecule has 3 heteroatoms. The van der Waals surface area contributed by atoms with Crippen LogP contribution < -0.4 is 0 Å². The molecule has 0 bridgehead atoms. The summed E-state index contributed by atoms with van der Waals surface area (Å²) < 4.78 is 0. The second-order valence-corrected chi connectivity index (χ2v) is 2.86. The highest BCUT2D eigenvalue weighted by atomic mass is 16.3. The predicted molar refractivity (Wildman–Crippen MR) is 52.6 cm³/mol. The fourth-order valence-electron chi connectivity index (χ4n) is 0.551. The number of Topliss-reactive ketones (excluding diaryl/α,β-unsaturated/α-hetero) is 2. The molecule has 0 amide bonds. The van der Waals surface area contributed by atoms with Crippen LogP contribution in [-0.2, 0) is 9.59 Å². The van der Waals surface area contributed by atoms with Crippen LogP contribution in [0.5, 0.6) is 0 Å². The number of carbonyl (C=O) groups excluding carboxylic acids is 2. The molecule has 0 spiro atoms. The summed E-state index contributed by atoms with van der Waals surface area (Å²) >= 11 is 0. The van der Waals surface area contributed by atoms with E-state index in [0.717, 1.165) is 19.3 Å². The summed E-state index contributed by atoms with van der Waals surface area (Å²) in [6.07, 6.45) is 3.69. The molecule has 1 N–H and O–H groups in total. The molecule has 3 nitrogen and oxygen atoms in total. The SMILES string of the molecule is CC(=O)CO.CCCCC(=O)CC. The molecule has 0 saturated carbocycles. The molecule has 0 aliphatic rings. The van der Waals surface area contributed by atoms with E-state index in [9.17, 15) is 9.59 Å². The number of hydrogen-bond acceptors (Lipinski definition) is 3. The molecule has 0 aromatic heterocycles. The summed E-state index contributed by atoms with van der Waals surface area (Å²) in [5.41, 5.74) is 0. The first-order chi connectivity index (χ1) is 6.08. The average molecular weight is 188 g/mol. The van der Waals surface area contributed by atoms with Gasteiger partial charge in [-0.3, -0.25) is 9.59 Å². The summed E-state index contributed by atoms with van der Waals surface area (Å²) in [6.45, 7) is 5.01. The molecule has 0 saturated heterocycles. The lowest BCUT2D eigenvalue weighted by molar-refractivity contribution is -0.120. The van der Waals surface area contributed by atoms with Crippen molar-refractivity contribution in [3.63, 3.8) is 0 Å². The maximum atomic E-state index is 10.6. The van der Waals surface area contributed by atoms with Gasteiger partial charge >= 0.3 is 0 Å². The van der Waals surface area contributed by atoms with Crippen LogP contribution in [0.3, 0.4) is 0 Å². The van der Waals surface area contributed by atoms with Crippen LogP contribution in [0.1, 0.15) is 46.5 Å². The van der Waals surface area contributed by atoms with Crippen LogP contribution >= 0.6 is 0 Å². The fraction of sp³-hybridized carbons (Fsp3) is 0.800. The first kappa shape index (κ1) is 14.8. The highest BCUT2D eigenvalue weighted by Gasteiger charge is 1.93. The van der Waals surface area contributed by atoms with Crippen LogP contribution in [0, 0.1) is 0 Å². The van der Waals surface area contributed by atoms with Gasteiger partial charge in [-0.05, 0) is 13.3 Å². The Labute approximate surface area is 80.1 Å². The first-order valence-electron chi connectivity index (χ1n) is 4.70. The maximum absolute atomic E-state index is 10.6. The number of rotatable bonds is 5. The van der Waals surface area contributed by atoms with Crippen molar-refractivity contribution in [1.29, 1.82) is 0 Å². The monoisotopic (exact) mass is 188 g/mol. The Morgan fingerprint density at radius 3 is 1.92 bits per heavy atom. The third kappa shape index (κ3) is 18.3. The second-order valence-electron chi connectivity index (χ2n) is 2.86.